The Morgan fingerprint density at radius 3 is 2.60 bits per heavy atom. The molecule has 0 heterocycles. The van der Waals surface area contributed by atoms with Gasteiger partial charge in [-0.2, -0.15) is 0 Å². The van der Waals surface area contributed by atoms with Crippen LogP contribution in [0.5, 0.6) is 0 Å². The molecule has 0 saturated carbocycles. The minimum Gasteiger partial charge on any atom is -0.465 e. The van der Waals surface area contributed by atoms with Gasteiger partial charge in [-0.15, -0.1) is 0 Å². The first-order valence-electron chi connectivity index (χ1n) is 6.22. The summed E-state index contributed by atoms with van der Waals surface area (Å²) >= 11 is 0. The lowest BCUT2D eigenvalue weighted by atomic mass is 10.1. The molecule has 0 aliphatic carbocycles. The molecule has 7 heteroatoms. The molecular formula is C13H20N2O4S. The number of rotatable bonds is 6. The Balaban J connectivity index is 2.93. The molecule has 20 heavy (non-hydrogen) atoms. The van der Waals surface area contributed by atoms with E-state index in [0.29, 0.717) is 17.5 Å². The fourth-order valence-electron chi connectivity index (χ4n) is 1.69. The zero-order valence-corrected chi connectivity index (χ0v) is 12.7. The van der Waals surface area contributed by atoms with Crippen LogP contribution < -0.4 is 10.5 Å². The molecule has 0 aromatic heterocycles. The average molecular weight is 300 g/mol. The third-order valence-electron chi connectivity index (χ3n) is 2.78. The van der Waals surface area contributed by atoms with Crippen LogP contribution in [0.4, 0.5) is 0 Å². The molecule has 0 amide bonds. The first-order chi connectivity index (χ1) is 9.27. The van der Waals surface area contributed by atoms with Crippen molar-refractivity contribution in [2.24, 2.45) is 5.73 Å². The highest BCUT2D eigenvalue weighted by Crippen LogP contribution is 2.17. The highest BCUT2D eigenvalue weighted by atomic mass is 32.2. The van der Waals surface area contributed by atoms with E-state index in [-0.39, 0.29) is 17.5 Å². The third kappa shape index (κ3) is 4.29. The van der Waals surface area contributed by atoms with Crippen molar-refractivity contribution in [3.63, 3.8) is 0 Å². The minimum atomic E-state index is -3.59. The first-order valence-corrected chi connectivity index (χ1v) is 7.70. The van der Waals surface area contributed by atoms with E-state index in [1.807, 2.05) is 6.92 Å². The number of methoxy groups -OCH3 is 1. The smallest absolute Gasteiger partial charge is 0.337 e. The highest BCUT2D eigenvalue weighted by Gasteiger charge is 2.18. The molecule has 6 nitrogen and oxygen atoms in total. The van der Waals surface area contributed by atoms with Gasteiger partial charge in [0, 0.05) is 12.6 Å². The first kappa shape index (κ1) is 16.6. The molecule has 0 fully saturated rings. The Bertz CT molecular complexity index is 582. The number of carbonyl (C=O) groups excluding carboxylic acids is 1. The number of hydrogen-bond donors (Lipinski definition) is 2. The van der Waals surface area contributed by atoms with Crippen molar-refractivity contribution in [2.75, 3.05) is 13.7 Å². The van der Waals surface area contributed by atoms with Crippen molar-refractivity contribution in [1.82, 2.24) is 4.72 Å². The molecule has 0 spiro atoms. The van der Waals surface area contributed by atoms with E-state index in [9.17, 15) is 13.2 Å². The number of ether oxygens (including phenoxy) is 1. The summed E-state index contributed by atoms with van der Waals surface area (Å²) in [5, 5.41) is 0. The van der Waals surface area contributed by atoms with Gasteiger partial charge in [0.1, 0.15) is 0 Å². The lowest BCUT2D eigenvalue weighted by molar-refractivity contribution is 0.0600. The predicted molar refractivity (Wildman–Crippen MR) is 76.0 cm³/mol. The van der Waals surface area contributed by atoms with Crippen molar-refractivity contribution in [3.8, 4) is 0 Å². The summed E-state index contributed by atoms with van der Waals surface area (Å²) in [7, 11) is -2.32. The van der Waals surface area contributed by atoms with Gasteiger partial charge in [0.05, 0.1) is 17.6 Å². The molecule has 0 bridgehead atoms. The molecular weight excluding hydrogens is 280 g/mol. The standard InChI is InChI=1S/C13H20N2O4S/c1-9-8-11(13(16)19-3)4-5-12(9)20(17,18)15-7-6-10(2)14/h4-5,8,10,15H,6-7,14H2,1-3H3. The largest absolute Gasteiger partial charge is 0.465 e. The van der Waals surface area contributed by atoms with Gasteiger partial charge >= 0.3 is 5.97 Å². The Labute approximate surface area is 119 Å². The minimum absolute atomic E-state index is 0.0690. The number of esters is 1. The SMILES string of the molecule is COC(=O)c1ccc(S(=O)(=O)NCCC(C)N)c(C)c1. The second-order valence-electron chi connectivity index (χ2n) is 4.64. The van der Waals surface area contributed by atoms with Gasteiger partial charge in [0.2, 0.25) is 10.0 Å². The molecule has 1 unspecified atom stereocenters. The lowest BCUT2D eigenvalue weighted by Gasteiger charge is -2.11. The molecule has 0 saturated heterocycles. The van der Waals surface area contributed by atoms with Crippen molar-refractivity contribution >= 4 is 16.0 Å². The molecule has 1 aromatic carbocycles. The summed E-state index contributed by atoms with van der Waals surface area (Å²) in [5.74, 6) is -0.498. The molecule has 0 radical (unpaired) electrons. The zero-order valence-electron chi connectivity index (χ0n) is 11.8. The van der Waals surface area contributed by atoms with Crippen LogP contribution in [0, 0.1) is 6.92 Å². The maximum absolute atomic E-state index is 12.1. The number of carbonyl (C=O) groups is 1. The molecule has 0 aliphatic rings. The number of nitrogens with two attached hydrogens (primary N) is 1. The molecule has 1 aromatic rings. The van der Waals surface area contributed by atoms with Crippen molar-refractivity contribution in [1.29, 1.82) is 0 Å². The second kappa shape index (κ2) is 6.83. The number of hydrogen-bond acceptors (Lipinski definition) is 5. The van der Waals surface area contributed by atoms with E-state index >= 15 is 0 Å². The Kier molecular flexibility index (Phi) is 5.67. The zero-order chi connectivity index (χ0) is 15.3. The number of nitrogens with one attached hydrogen (secondary N) is 1. The fraction of sp³-hybridized carbons (Fsp3) is 0.462. The number of benzene rings is 1. The summed E-state index contributed by atoms with van der Waals surface area (Å²) in [6.45, 7) is 3.72. The third-order valence-corrected chi connectivity index (χ3v) is 4.40. The molecule has 112 valence electrons. The number of sulfonamides is 1. The van der Waals surface area contributed by atoms with Crippen LogP contribution in [0.1, 0.15) is 29.3 Å². The van der Waals surface area contributed by atoms with Gasteiger partial charge in [-0.3, -0.25) is 0 Å². The summed E-state index contributed by atoms with van der Waals surface area (Å²) in [4.78, 5) is 11.5. The maximum atomic E-state index is 12.1. The van der Waals surface area contributed by atoms with Crippen LogP contribution in [-0.4, -0.2) is 34.1 Å². The monoisotopic (exact) mass is 300 g/mol. The van der Waals surface area contributed by atoms with Crippen LogP contribution in [0.15, 0.2) is 23.1 Å². The van der Waals surface area contributed by atoms with Crippen molar-refractivity contribution in [3.05, 3.63) is 29.3 Å². The van der Waals surface area contributed by atoms with Gasteiger partial charge in [-0.1, -0.05) is 0 Å². The topological polar surface area (TPSA) is 98.5 Å². The Morgan fingerprint density at radius 2 is 2.10 bits per heavy atom. The summed E-state index contributed by atoms with van der Waals surface area (Å²) in [6, 6.07) is 4.25. The fourth-order valence-corrected chi connectivity index (χ4v) is 2.97. The summed E-state index contributed by atoms with van der Waals surface area (Å²) in [6.07, 6.45) is 0.554. The summed E-state index contributed by atoms with van der Waals surface area (Å²) in [5.41, 5.74) is 6.38. The van der Waals surface area contributed by atoms with E-state index in [4.69, 9.17) is 5.73 Å². The predicted octanol–water partition coefficient (Wildman–Crippen LogP) is 0.797. The Morgan fingerprint density at radius 1 is 1.45 bits per heavy atom. The van der Waals surface area contributed by atoms with E-state index in [0.717, 1.165) is 0 Å². The van der Waals surface area contributed by atoms with Crippen molar-refractivity contribution < 1.29 is 17.9 Å². The molecule has 1 rings (SSSR count). The van der Waals surface area contributed by atoms with Crippen LogP contribution in [0.2, 0.25) is 0 Å². The van der Waals surface area contributed by atoms with E-state index in [1.54, 1.807) is 6.92 Å². The normalized spacial score (nSPS) is 13.0. The maximum Gasteiger partial charge on any atom is 0.337 e. The van der Waals surface area contributed by atoms with Crippen LogP contribution in [0.25, 0.3) is 0 Å². The quantitative estimate of drug-likeness (QED) is 0.757. The lowest BCUT2D eigenvalue weighted by Crippen LogP contribution is -2.29. The van der Waals surface area contributed by atoms with Crippen molar-refractivity contribution in [2.45, 2.75) is 31.2 Å². The molecule has 1 atom stereocenters. The van der Waals surface area contributed by atoms with Gasteiger partial charge in [0.25, 0.3) is 0 Å². The Hall–Kier alpha value is -1.44. The van der Waals surface area contributed by atoms with Crippen LogP contribution in [-0.2, 0) is 14.8 Å². The van der Waals surface area contributed by atoms with Gasteiger partial charge in [0.15, 0.2) is 0 Å². The number of aryl methyl sites for hydroxylation is 1. The molecule has 3 N–H and O–H groups in total. The summed E-state index contributed by atoms with van der Waals surface area (Å²) < 4.78 is 31.3. The van der Waals surface area contributed by atoms with E-state index < -0.39 is 16.0 Å². The second-order valence-corrected chi connectivity index (χ2v) is 6.37. The van der Waals surface area contributed by atoms with Crippen LogP contribution >= 0.6 is 0 Å². The van der Waals surface area contributed by atoms with Crippen LogP contribution in [0.3, 0.4) is 0 Å². The van der Waals surface area contributed by atoms with Gasteiger partial charge < -0.3 is 10.5 Å². The highest BCUT2D eigenvalue weighted by molar-refractivity contribution is 7.89. The van der Waals surface area contributed by atoms with Gasteiger partial charge in [-0.25, -0.2) is 17.9 Å². The van der Waals surface area contributed by atoms with Gasteiger partial charge in [-0.05, 0) is 44.0 Å². The van der Waals surface area contributed by atoms with E-state index in [1.165, 1.54) is 25.3 Å². The molecule has 0 aliphatic heterocycles. The average Bonchev–Trinajstić information content (AvgIpc) is 2.36. The van der Waals surface area contributed by atoms with E-state index in [2.05, 4.69) is 9.46 Å².